The number of benzene rings is 2. The van der Waals surface area contributed by atoms with Crippen molar-refractivity contribution in [3.05, 3.63) is 60.7 Å². The molecule has 0 heterocycles. The predicted octanol–water partition coefficient (Wildman–Crippen LogP) is 8.80. The molecule has 0 N–H and O–H groups in total. The minimum atomic E-state index is -0.740. The zero-order valence-corrected chi connectivity index (χ0v) is 43.4. The first-order valence-corrected chi connectivity index (χ1v) is 35.2. The third-order valence-electron chi connectivity index (χ3n) is 1.84. The van der Waals surface area contributed by atoms with Crippen LogP contribution in [0.4, 0.5) is 0 Å². The zero-order valence-electron chi connectivity index (χ0n) is 29.3. The molecule has 0 saturated carbocycles. The fraction of sp³-hybridized carbons (Fsp3) is 0.600. The van der Waals surface area contributed by atoms with Crippen LogP contribution >= 0.6 is 0 Å². The molecule has 2 aromatic carbocycles. The van der Waals surface area contributed by atoms with Crippen molar-refractivity contribution < 1.29 is 0 Å². The van der Waals surface area contributed by atoms with E-state index < -0.39 is 24.2 Å². The molecule has 0 spiro atoms. The molecule has 9 heteroatoms. The third-order valence-corrected chi connectivity index (χ3v) is 6.67. The van der Waals surface area contributed by atoms with Gasteiger partial charge in [0, 0.05) is 88.0 Å². The second kappa shape index (κ2) is 44.2. The van der Waals surface area contributed by atoms with Crippen LogP contribution in [0.15, 0.2) is 60.7 Å². The summed E-state index contributed by atoms with van der Waals surface area (Å²) in [5.41, 5.74) is 0. The van der Waals surface area contributed by atoms with Crippen molar-refractivity contribution in [1.82, 2.24) is 0 Å². The van der Waals surface area contributed by atoms with Crippen molar-refractivity contribution in [2.24, 2.45) is 0 Å². The van der Waals surface area contributed by atoms with Gasteiger partial charge in [-0.1, -0.05) is 118 Å². The van der Waals surface area contributed by atoms with Gasteiger partial charge in [-0.3, -0.25) is 0 Å². The quantitative estimate of drug-likeness (QED) is 0.265. The molecular formula is C30H64Ge2PbSi6. The summed E-state index contributed by atoms with van der Waals surface area (Å²) in [6, 6.07) is 21.7. The van der Waals surface area contributed by atoms with Crippen molar-refractivity contribution in [2.75, 3.05) is 0 Å². The summed E-state index contributed by atoms with van der Waals surface area (Å²) in [4.78, 5) is 0. The Hall–Kier alpha value is 1.75. The molecule has 0 atom stereocenters. The maximum absolute atomic E-state index is 2.27. The van der Waals surface area contributed by atoms with Crippen LogP contribution in [0.2, 0.25) is 118 Å². The van der Waals surface area contributed by atoms with Crippen LogP contribution in [0.25, 0.3) is 0 Å². The summed E-state index contributed by atoms with van der Waals surface area (Å²) in [7, 11) is 0.722. The van der Waals surface area contributed by atoms with Gasteiger partial charge >= 0.3 is 91.1 Å². The standard InChI is InChI=1S/2C6H5.6C3H9Si.2Ge.Pb/c2*1-2-4-6-5-3-1;6*1-4(2)3;;;/h2*1-5H;6*1-3H3;;;. The van der Waals surface area contributed by atoms with E-state index in [-0.39, 0.29) is 88.0 Å². The van der Waals surface area contributed by atoms with Gasteiger partial charge in [-0.05, 0) is 0 Å². The second-order valence-corrected chi connectivity index (χ2v) is 35.3. The van der Waals surface area contributed by atoms with Gasteiger partial charge in [0.1, 0.15) is 0 Å². The molecule has 0 bridgehead atoms. The van der Waals surface area contributed by atoms with Crippen molar-refractivity contribution in [2.45, 2.75) is 118 Å². The minimum absolute atomic E-state index is 0. The summed E-state index contributed by atoms with van der Waals surface area (Å²) >= 11 is -0.740. The SMILES string of the molecule is C[Si](C)C.C[Si](C)C.C[Si](C)C.C[Si](C)C.C[Si](C)C.C[Si](C)C.[Ge].[Ge].c1cc[c]([Pb][c]2ccccc2)cc1. The van der Waals surface area contributed by atoms with E-state index in [1.807, 2.05) is 0 Å². The number of hydrogen-bond donors (Lipinski definition) is 0. The summed E-state index contributed by atoms with van der Waals surface area (Å²) in [6.07, 6.45) is 0. The van der Waals surface area contributed by atoms with E-state index in [9.17, 15) is 0 Å². The first-order valence-electron chi connectivity index (χ1n) is 13.3. The summed E-state index contributed by atoms with van der Waals surface area (Å²) in [6.45, 7) is 40.8. The predicted molar refractivity (Wildman–Crippen MR) is 209 cm³/mol. The van der Waals surface area contributed by atoms with Gasteiger partial charge in [0.05, 0.1) is 0 Å². The van der Waals surface area contributed by atoms with Gasteiger partial charge in [-0.2, -0.15) is 0 Å². The van der Waals surface area contributed by atoms with Gasteiger partial charge in [0.2, 0.25) is 0 Å². The second-order valence-electron chi connectivity index (χ2n) is 11.9. The zero-order chi connectivity index (χ0) is 30.4. The van der Waals surface area contributed by atoms with Crippen LogP contribution in [0.3, 0.4) is 0 Å². The van der Waals surface area contributed by atoms with Crippen molar-refractivity contribution >= 4 is 118 Å². The first-order chi connectivity index (χ1) is 16.8. The van der Waals surface area contributed by atoms with Gasteiger partial charge in [0.15, 0.2) is 0 Å². The monoisotopic (exact) mass is 948 g/mol. The van der Waals surface area contributed by atoms with Gasteiger partial charge in [-0.15, -0.1) is 0 Å². The summed E-state index contributed by atoms with van der Waals surface area (Å²) in [5, 5.41) is 0. The average molecular weight is 946 g/mol. The normalized spacial score (nSPS) is 8.82. The molecule has 220 valence electrons. The van der Waals surface area contributed by atoms with Crippen molar-refractivity contribution in [3.8, 4) is 0 Å². The molecule has 0 aromatic heterocycles. The van der Waals surface area contributed by atoms with Crippen LogP contribution in [-0.2, 0) is 0 Å². The molecule has 0 nitrogen and oxygen atoms in total. The Kier molecular flexibility index (Phi) is 64.1. The molecule has 2 rings (SSSR count). The Morgan fingerprint density at radius 1 is 0.308 bits per heavy atom. The van der Waals surface area contributed by atoms with Crippen LogP contribution in [0.1, 0.15) is 0 Å². The Balaban J connectivity index is -0.0000000674. The molecule has 0 aliphatic rings. The van der Waals surface area contributed by atoms with E-state index in [1.54, 1.807) is 6.25 Å². The molecule has 0 saturated heterocycles. The van der Waals surface area contributed by atoms with Crippen molar-refractivity contribution in [1.29, 1.82) is 0 Å². The van der Waals surface area contributed by atoms with Crippen LogP contribution < -0.4 is 6.25 Å². The topological polar surface area (TPSA) is 0 Å². The van der Waals surface area contributed by atoms with Crippen molar-refractivity contribution in [3.63, 3.8) is 0 Å². The van der Waals surface area contributed by atoms with Crippen LogP contribution in [-0.4, -0.2) is 112 Å². The van der Waals surface area contributed by atoms with Crippen LogP contribution in [0.5, 0.6) is 0 Å². The first kappa shape index (κ1) is 56.5. The van der Waals surface area contributed by atoms with E-state index in [0.717, 1.165) is 0 Å². The van der Waals surface area contributed by atoms with E-state index in [1.165, 1.54) is 0 Å². The number of rotatable bonds is 2. The molecule has 0 aliphatic carbocycles. The fourth-order valence-electron chi connectivity index (χ4n) is 1.21. The van der Waals surface area contributed by atoms with Gasteiger partial charge < -0.3 is 0 Å². The molecule has 2 aromatic rings. The molecule has 0 unspecified atom stereocenters. The summed E-state index contributed by atoms with van der Waals surface area (Å²) < 4.78 is 3.13. The average Bonchev–Trinajstić information content (AvgIpc) is 2.67. The van der Waals surface area contributed by atoms with E-state index >= 15 is 0 Å². The summed E-state index contributed by atoms with van der Waals surface area (Å²) in [5.74, 6) is 0. The van der Waals surface area contributed by atoms with E-state index in [4.69, 9.17) is 0 Å². The molecule has 0 amide bonds. The molecular weight excluding hydrogens is 881 g/mol. The molecule has 0 aliphatic heterocycles. The Labute approximate surface area is 293 Å². The molecule has 16 radical (unpaired) electrons. The van der Waals surface area contributed by atoms with Crippen LogP contribution in [0, 0.1) is 0 Å². The third kappa shape index (κ3) is 120. The molecule has 39 heavy (non-hydrogen) atoms. The van der Waals surface area contributed by atoms with Gasteiger partial charge in [-0.25, -0.2) is 0 Å². The number of hydrogen-bond acceptors (Lipinski definition) is 0. The fourth-order valence-corrected chi connectivity index (χ4v) is 5.30. The Morgan fingerprint density at radius 3 is 0.564 bits per heavy atom. The maximum atomic E-state index is 2.27. The van der Waals surface area contributed by atoms with Gasteiger partial charge in [0.25, 0.3) is 0 Å². The Morgan fingerprint density at radius 2 is 0.436 bits per heavy atom. The van der Waals surface area contributed by atoms with E-state index in [0.29, 0.717) is 0 Å². The van der Waals surface area contributed by atoms with E-state index in [2.05, 4.69) is 179 Å². The Bertz CT molecular complexity index is 529. The molecule has 0 fully saturated rings.